The zero-order valence-electron chi connectivity index (χ0n) is 13.9. The predicted molar refractivity (Wildman–Crippen MR) is 107 cm³/mol. The summed E-state index contributed by atoms with van der Waals surface area (Å²) in [5, 5.41) is 11.6. The molecule has 0 radical (unpaired) electrons. The van der Waals surface area contributed by atoms with Crippen molar-refractivity contribution in [1.82, 2.24) is 4.57 Å². The number of fused-ring (bicyclic) bond motifs is 1. The van der Waals surface area contributed by atoms with Gasteiger partial charge in [-0.05, 0) is 54.6 Å². The summed E-state index contributed by atoms with van der Waals surface area (Å²) >= 11 is 12.2. The molecule has 0 aliphatic carbocycles. The van der Waals surface area contributed by atoms with Gasteiger partial charge in [-0.1, -0.05) is 41.4 Å². The molecule has 0 saturated carbocycles. The Balaban J connectivity index is 2.03. The van der Waals surface area contributed by atoms with E-state index in [4.69, 9.17) is 27.9 Å². The third-order valence-electron chi connectivity index (χ3n) is 4.13. The van der Waals surface area contributed by atoms with Gasteiger partial charge in [0.1, 0.15) is 5.75 Å². The highest BCUT2D eigenvalue weighted by atomic mass is 35.5. The molecule has 1 N–H and O–H groups in total. The molecule has 4 rings (SSSR count). The second-order valence-corrected chi connectivity index (χ2v) is 6.74. The number of aromatic carboxylic acids is 1. The van der Waals surface area contributed by atoms with Crippen molar-refractivity contribution in [2.45, 2.75) is 0 Å². The Bertz CT molecular complexity index is 1140. The number of nitrogens with zero attached hydrogens (tertiary/aromatic N) is 1. The van der Waals surface area contributed by atoms with Crippen LogP contribution in [0.25, 0.3) is 16.6 Å². The SMILES string of the molecule is O=C(O)c1c(Oc2ccccc2)c2cc(Cl)ccc2n1-c1ccc(Cl)cc1. The van der Waals surface area contributed by atoms with E-state index in [1.54, 1.807) is 59.2 Å². The van der Waals surface area contributed by atoms with Gasteiger partial charge in [-0.15, -0.1) is 0 Å². The molecule has 134 valence electrons. The van der Waals surface area contributed by atoms with Crippen molar-refractivity contribution in [2.75, 3.05) is 0 Å². The first kappa shape index (κ1) is 17.5. The first-order chi connectivity index (χ1) is 13.0. The second kappa shape index (κ2) is 6.99. The maximum Gasteiger partial charge on any atom is 0.356 e. The molecule has 0 unspecified atom stereocenters. The Labute approximate surface area is 165 Å². The molecule has 0 fully saturated rings. The molecule has 0 spiro atoms. The van der Waals surface area contributed by atoms with E-state index in [1.165, 1.54) is 0 Å². The Morgan fingerprint density at radius 1 is 0.889 bits per heavy atom. The van der Waals surface area contributed by atoms with E-state index in [2.05, 4.69) is 0 Å². The number of carbonyl (C=O) groups is 1. The lowest BCUT2D eigenvalue weighted by atomic mass is 10.2. The van der Waals surface area contributed by atoms with Gasteiger partial charge in [-0.25, -0.2) is 4.79 Å². The Hall–Kier alpha value is -2.95. The van der Waals surface area contributed by atoms with Gasteiger partial charge in [0.15, 0.2) is 11.4 Å². The molecule has 4 nitrogen and oxygen atoms in total. The molecule has 6 heteroatoms. The molecule has 0 amide bonds. The van der Waals surface area contributed by atoms with E-state index in [0.717, 1.165) is 0 Å². The average molecular weight is 398 g/mol. The van der Waals surface area contributed by atoms with Crippen molar-refractivity contribution in [3.05, 3.63) is 88.5 Å². The molecule has 0 saturated heterocycles. The normalized spacial score (nSPS) is 10.9. The van der Waals surface area contributed by atoms with Crippen LogP contribution in [0.4, 0.5) is 0 Å². The van der Waals surface area contributed by atoms with Crippen molar-refractivity contribution >= 4 is 40.1 Å². The van der Waals surface area contributed by atoms with Gasteiger partial charge in [0, 0.05) is 21.1 Å². The number of aromatic nitrogens is 1. The zero-order valence-corrected chi connectivity index (χ0v) is 15.4. The van der Waals surface area contributed by atoms with Crippen LogP contribution in [0.15, 0.2) is 72.8 Å². The van der Waals surface area contributed by atoms with Crippen LogP contribution in [0.3, 0.4) is 0 Å². The van der Waals surface area contributed by atoms with Gasteiger partial charge in [0.05, 0.1) is 5.52 Å². The van der Waals surface area contributed by atoms with Gasteiger partial charge in [0.2, 0.25) is 0 Å². The highest BCUT2D eigenvalue weighted by molar-refractivity contribution is 6.31. The number of hydrogen-bond acceptors (Lipinski definition) is 2. The topological polar surface area (TPSA) is 51.5 Å². The lowest BCUT2D eigenvalue weighted by Crippen LogP contribution is -2.07. The van der Waals surface area contributed by atoms with Crippen LogP contribution >= 0.6 is 23.2 Å². The first-order valence-electron chi connectivity index (χ1n) is 8.10. The molecule has 0 atom stereocenters. The fourth-order valence-electron chi connectivity index (χ4n) is 3.00. The van der Waals surface area contributed by atoms with E-state index in [1.807, 2.05) is 18.2 Å². The Morgan fingerprint density at radius 2 is 1.56 bits per heavy atom. The largest absolute Gasteiger partial charge is 0.476 e. The number of carboxylic acids is 1. The lowest BCUT2D eigenvalue weighted by Gasteiger charge is -2.10. The standard InChI is InChI=1S/C21H13Cl2NO3/c22-13-6-9-15(10-7-13)24-18-11-8-14(23)12-17(18)20(19(24)21(25)26)27-16-4-2-1-3-5-16/h1-12H,(H,25,26). The summed E-state index contributed by atoms with van der Waals surface area (Å²) in [5.74, 6) is -0.334. The van der Waals surface area contributed by atoms with Crippen LogP contribution < -0.4 is 4.74 Å². The molecule has 0 aliphatic heterocycles. The summed E-state index contributed by atoms with van der Waals surface area (Å²) in [7, 11) is 0. The zero-order chi connectivity index (χ0) is 19.0. The molecular weight excluding hydrogens is 385 g/mol. The van der Waals surface area contributed by atoms with Crippen molar-refractivity contribution in [3.63, 3.8) is 0 Å². The smallest absolute Gasteiger partial charge is 0.356 e. The van der Waals surface area contributed by atoms with E-state index in [-0.39, 0.29) is 11.4 Å². The highest BCUT2D eigenvalue weighted by Crippen LogP contribution is 2.39. The lowest BCUT2D eigenvalue weighted by molar-refractivity contribution is 0.0686. The van der Waals surface area contributed by atoms with E-state index in [0.29, 0.717) is 32.4 Å². The third-order valence-corrected chi connectivity index (χ3v) is 4.62. The molecule has 1 aromatic heterocycles. The highest BCUT2D eigenvalue weighted by Gasteiger charge is 2.25. The number of halogens is 2. The van der Waals surface area contributed by atoms with Gasteiger partial charge >= 0.3 is 5.97 Å². The summed E-state index contributed by atoms with van der Waals surface area (Å²) in [4.78, 5) is 12.2. The maximum atomic E-state index is 12.2. The third kappa shape index (κ3) is 3.25. The molecule has 4 aromatic rings. The fraction of sp³-hybridized carbons (Fsp3) is 0. The number of carboxylic acid groups (broad SMARTS) is 1. The Morgan fingerprint density at radius 3 is 2.22 bits per heavy atom. The minimum Gasteiger partial charge on any atom is -0.476 e. The summed E-state index contributed by atoms with van der Waals surface area (Å²) < 4.78 is 7.61. The van der Waals surface area contributed by atoms with Crippen LogP contribution in [0.2, 0.25) is 10.0 Å². The van der Waals surface area contributed by atoms with E-state index >= 15 is 0 Å². The van der Waals surface area contributed by atoms with Crippen LogP contribution in [0.1, 0.15) is 10.5 Å². The van der Waals surface area contributed by atoms with Gasteiger partial charge in [0.25, 0.3) is 0 Å². The van der Waals surface area contributed by atoms with Gasteiger partial charge in [-0.3, -0.25) is 0 Å². The van der Waals surface area contributed by atoms with E-state index in [9.17, 15) is 9.90 Å². The number of benzene rings is 3. The minimum absolute atomic E-state index is 0.0124. The monoisotopic (exact) mass is 397 g/mol. The molecule has 0 aliphatic rings. The summed E-state index contributed by atoms with van der Waals surface area (Å²) in [6.07, 6.45) is 0. The molecule has 3 aromatic carbocycles. The van der Waals surface area contributed by atoms with Gasteiger partial charge < -0.3 is 14.4 Å². The summed E-state index contributed by atoms with van der Waals surface area (Å²) in [6, 6.07) is 21.2. The molecule has 0 bridgehead atoms. The average Bonchev–Trinajstić information content (AvgIpc) is 2.97. The maximum absolute atomic E-state index is 12.2. The van der Waals surface area contributed by atoms with Crippen molar-refractivity contribution in [3.8, 4) is 17.2 Å². The number of rotatable bonds is 4. The Kier molecular flexibility index (Phi) is 4.52. The van der Waals surface area contributed by atoms with Crippen LogP contribution in [0, 0.1) is 0 Å². The molecule has 27 heavy (non-hydrogen) atoms. The number of para-hydroxylation sites is 1. The predicted octanol–water partition coefficient (Wildman–Crippen LogP) is 6.43. The van der Waals surface area contributed by atoms with Crippen LogP contribution in [-0.4, -0.2) is 15.6 Å². The molecular formula is C21H13Cl2NO3. The van der Waals surface area contributed by atoms with Crippen LogP contribution in [0.5, 0.6) is 11.5 Å². The molecule has 1 heterocycles. The van der Waals surface area contributed by atoms with Crippen molar-refractivity contribution in [2.24, 2.45) is 0 Å². The van der Waals surface area contributed by atoms with Gasteiger partial charge in [-0.2, -0.15) is 0 Å². The second-order valence-electron chi connectivity index (χ2n) is 5.87. The fourth-order valence-corrected chi connectivity index (χ4v) is 3.29. The number of ether oxygens (including phenoxy) is 1. The summed E-state index contributed by atoms with van der Waals surface area (Å²) in [6.45, 7) is 0. The summed E-state index contributed by atoms with van der Waals surface area (Å²) in [5.41, 5.74) is 1.34. The van der Waals surface area contributed by atoms with Crippen molar-refractivity contribution < 1.29 is 14.6 Å². The quantitative estimate of drug-likeness (QED) is 0.431. The van der Waals surface area contributed by atoms with Crippen LogP contribution in [-0.2, 0) is 0 Å². The number of hydrogen-bond donors (Lipinski definition) is 1. The minimum atomic E-state index is -1.11. The first-order valence-corrected chi connectivity index (χ1v) is 8.86. The van der Waals surface area contributed by atoms with Crippen molar-refractivity contribution in [1.29, 1.82) is 0 Å². The van der Waals surface area contributed by atoms with E-state index < -0.39 is 5.97 Å².